The smallest absolute Gasteiger partial charge is 0.225 e. The second kappa shape index (κ2) is 4.65. The maximum atomic E-state index is 11.4. The van der Waals surface area contributed by atoms with Crippen molar-refractivity contribution in [3.63, 3.8) is 0 Å². The van der Waals surface area contributed by atoms with Crippen LogP contribution >= 0.6 is 11.8 Å². The van der Waals surface area contributed by atoms with Crippen molar-refractivity contribution in [3.8, 4) is 11.5 Å². The van der Waals surface area contributed by atoms with E-state index in [1.165, 1.54) is 0 Å². The number of nitrogens with one attached hydrogen (secondary N) is 1. The van der Waals surface area contributed by atoms with Gasteiger partial charge in [0.05, 0.1) is 19.9 Å². The van der Waals surface area contributed by atoms with Crippen LogP contribution in [0.3, 0.4) is 0 Å². The molecular weight excluding hydrogens is 226 g/mol. The largest absolute Gasteiger partial charge is 0.493 e. The van der Waals surface area contributed by atoms with Crippen LogP contribution in [0.5, 0.6) is 11.5 Å². The fourth-order valence-corrected chi connectivity index (χ4v) is 2.51. The predicted octanol–water partition coefficient (Wildman–Crippen LogP) is 2.14. The Hall–Kier alpha value is -1.36. The molecule has 1 aliphatic rings. The number of benzene rings is 1. The normalized spacial score (nSPS) is 14.8. The topological polar surface area (TPSA) is 47.6 Å². The number of methoxy groups -OCH3 is 2. The molecule has 0 radical (unpaired) electrons. The molecule has 0 atom stereocenters. The number of rotatable bonds is 2. The summed E-state index contributed by atoms with van der Waals surface area (Å²) in [6, 6.07) is 3.69. The Labute approximate surface area is 98.3 Å². The Bertz CT molecular complexity index is 420. The Balaban J connectivity index is 2.44. The third-order valence-corrected chi connectivity index (χ3v) is 3.40. The summed E-state index contributed by atoms with van der Waals surface area (Å²) < 4.78 is 10.4. The van der Waals surface area contributed by atoms with Crippen LogP contribution in [0.15, 0.2) is 17.0 Å². The summed E-state index contributed by atoms with van der Waals surface area (Å²) in [5.41, 5.74) is 0.796. The summed E-state index contributed by atoms with van der Waals surface area (Å²) in [5, 5.41) is 2.85. The maximum absolute atomic E-state index is 11.4. The summed E-state index contributed by atoms with van der Waals surface area (Å²) >= 11 is 1.64. The van der Waals surface area contributed by atoms with Crippen molar-refractivity contribution in [2.75, 3.05) is 25.3 Å². The number of amides is 1. The molecule has 1 N–H and O–H groups in total. The van der Waals surface area contributed by atoms with Gasteiger partial charge in [-0.1, -0.05) is 0 Å². The molecule has 1 aromatic rings. The lowest BCUT2D eigenvalue weighted by molar-refractivity contribution is -0.115. The molecule has 1 heterocycles. The van der Waals surface area contributed by atoms with Gasteiger partial charge in [0.25, 0.3) is 0 Å². The minimum absolute atomic E-state index is 0.0402. The molecular formula is C11H13NO3S. The lowest BCUT2D eigenvalue weighted by atomic mass is 10.2. The van der Waals surface area contributed by atoms with Crippen molar-refractivity contribution in [1.82, 2.24) is 0 Å². The highest BCUT2D eigenvalue weighted by Gasteiger charge is 2.16. The number of fused-ring (bicyclic) bond motifs is 1. The predicted molar refractivity (Wildman–Crippen MR) is 63.5 cm³/mol. The first kappa shape index (κ1) is 11.1. The van der Waals surface area contributed by atoms with Gasteiger partial charge in [-0.3, -0.25) is 4.79 Å². The van der Waals surface area contributed by atoms with E-state index in [2.05, 4.69) is 5.32 Å². The van der Waals surface area contributed by atoms with E-state index in [-0.39, 0.29) is 5.91 Å². The average molecular weight is 239 g/mol. The van der Waals surface area contributed by atoms with Crippen LogP contribution in [0.1, 0.15) is 6.42 Å². The van der Waals surface area contributed by atoms with Gasteiger partial charge >= 0.3 is 0 Å². The number of hydrogen-bond acceptors (Lipinski definition) is 4. The van der Waals surface area contributed by atoms with Crippen LogP contribution in [0, 0.1) is 0 Å². The molecule has 0 saturated heterocycles. The van der Waals surface area contributed by atoms with E-state index in [0.717, 1.165) is 16.3 Å². The number of carbonyl (C=O) groups excluding carboxylic acids is 1. The molecule has 0 aliphatic carbocycles. The van der Waals surface area contributed by atoms with Gasteiger partial charge in [0.1, 0.15) is 0 Å². The first-order valence-electron chi connectivity index (χ1n) is 4.93. The van der Waals surface area contributed by atoms with Crippen LogP contribution in [-0.4, -0.2) is 25.9 Å². The van der Waals surface area contributed by atoms with E-state index < -0.39 is 0 Å². The van der Waals surface area contributed by atoms with Gasteiger partial charge in [0, 0.05) is 23.1 Å². The number of ether oxygens (including phenoxy) is 2. The highest BCUT2D eigenvalue weighted by molar-refractivity contribution is 7.99. The molecule has 5 heteroatoms. The Morgan fingerprint density at radius 3 is 2.62 bits per heavy atom. The van der Waals surface area contributed by atoms with Crippen molar-refractivity contribution < 1.29 is 14.3 Å². The highest BCUT2D eigenvalue weighted by atomic mass is 32.2. The monoisotopic (exact) mass is 239 g/mol. The molecule has 86 valence electrons. The van der Waals surface area contributed by atoms with Crippen LogP contribution < -0.4 is 14.8 Å². The summed E-state index contributed by atoms with van der Waals surface area (Å²) in [5.74, 6) is 2.14. The van der Waals surface area contributed by atoms with Crippen molar-refractivity contribution in [2.24, 2.45) is 0 Å². The zero-order chi connectivity index (χ0) is 11.5. The molecule has 0 fully saturated rings. The van der Waals surface area contributed by atoms with E-state index in [4.69, 9.17) is 9.47 Å². The van der Waals surface area contributed by atoms with Crippen LogP contribution in [0.2, 0.25) is 0 Å². The van der Waals surface area contributed by atoms with Crippen LogP contribution in [0.25, 0.3) is 0 Å². The Morgan fingerprint density at radius 2 is 1.94 bits per heavy atom. The van der Waals surface area contributed by atoms with Crippen molar-refractivity contribution in [2.45, 2.75) is 11.3 Å². The highest BCUT2D eigenvalue weighted by Crippen LogP contribution is 2.39. The quantitative estimate of drug-likeness (QED) is 0.859. The van der Waals surface area contributed by atoms with Crippen molar-refractivity contribution >= 4 is 23.4 Å². The molecule has 2 rings (SSSR count). The molecule has 0 spiro atoms. The second-order valence-electron chi connectivity index (χ2n) is 3.35. The summed E-state index contributed by atoms with van der Waals surface area (Å²) in [6.07, 6.45) is 0.532. The maximum Gasteiger partial charge on any atom is 0.225 e. The van der Waals surface area contributed by atoms with E-state index >= 15 is 0 Å². The second-order valence-corrected chi connectivity index (χ2v) is 4.49. The molecule has 1 aliphatic heterocycles. The minimum atomic E-state index is 0.0402. The SMILES string of the molecule is COc1cc2c(cc1OC)SCCC(=O)N2. The van der Waals surface area contributed by atoms with E-state index in [1.54, 1.807) is 32.0 Å². The standard InChI is InChI=1S/C11H13NO3S/c1-14-8-5-7-10(6-9(8)15-2)16-4-3-11(13)12-7/h5-6H,3-4H2,1-2H3,(H,12,13). The first-order valence-corrected chi connectivity index (χ1v) is 5.92. The van der Waals surface area contributed by atoms with Gasteiger partial charge in [-0.25, -0.2) is 0 Å². The van der Waals surface area contributed by atoms with Gasteiger partial charge < -0.3 is 14.8 Å². The number of anilines is 1. The summed E-state index contributed by atoms with van der Waals surface area (Å²) in [7, 11) is 3.18. The molecule has 1 aromatic carbocycles. The van der Waals surface area contributed by atoms with Crippen molar-refractivity contribution in [3.05, 3.63) is 12.1 Å². The third-order valence-electron chi connectivity index (χ3n) is 2.35. The van der Waals surface area contributed by atoms with Crippen LogP contribution in [0.4, 0.5) is 5.69 Å². The molecule has 4 nitrogen and oxygen atoms in total. The van der Waals surface area contributed by atoms with Gasteiger partial charge in [0.2, 0.25) is 5.91 Å². The molecule has 1 amide bonds. The first-order chi connectivity index (χ1) is 7.74. The lowest BCUT2D eigenvalue weighted by Crippen LogP contribution is -2.10. The average Bonchev–Trinajstić information content (AvgIpc) is 2.47. The Kier molecular flexibility index (Phi) is 3.24. The van der Waals surface area contributed by atoms with E-state index in [0.29, 0.717) is 17.9 Å². The fourth-order valence-electron chi connectivity index (χ4n) is 1.54. The number of carbonyl (C=O) groups is 1. The molecule has 0 saturated carbocycles. The lowest BCUT2D eigenvalue weighted by Gasteiger charge is -2.12. The van der Waals surface area contributed by atoms with E-state index in [9.17, 15) is 4.79 Å². The van der Waals surface area contributed by atoms with Gasteiger partial charge in [0.15, 0.2) is 11.5 Å². The number of hydrogen-bond donors (Lipinski definition) is 1. The zero-order valence-corrected chi connectivity index (χ0v) is 10.0. The fraction of sp³-hybridized carbons (Fsp3) is 0.364. The molecule has 16 heavy (non-hydrogen) atoms. The Morgan fingerprint density at radius 1 is 1.25 bits per heavy atom. The zero-order valence-electron chi connectivity index (χ0n) is 9.20. The van der Waals surface area contributed by atoms with Crippen molar-refractivity contribution in [1.29, 1.82) is 0 Å². The summed E-state index contributed by atoms with van der Waals surface area (Å²) in [4.78, 5) is 12.4. The van der Waals surface area contributed by atoms with Crippen LogP contribution in [-0.2, 0) is 4.79 Å². The van der Waals surface area contributed by atoms with Gasteiger partial charge in [-0.05, 0) is 6.07 Å². The molecule has 0 bridgehead atoms. The van der Waals surface area contributed by atoms with E-state index in [1.807, 2.05) is 6.07 Å². The molecule has 0 aromatic heterocycles. The number of thioether (sulfide) groups is 1. The minimum Gasteiger partial charge on any atom is -0.493 e. The summed E-state index contributed by atoms with van der Waals surface area (Å²) in [6.45, 7) is 0. The third kappa shape index (κ3) is 2.09. The van der Waals surface area contributed by atoms with Gasteiger partial charge in [-0.15, -0.1) is 11.8 Å². The van der Waals surface area contributed by atoms with Gasteiger partial charge in [-0.2, -0.15) is 0 Å². The molecule has 0 unspecified atom stereocenters.